The molecule has 0 saturated carbocycles. The number of alkyl halides is 14. The van der Waals surface area contributed by atoms with Crippen molar-refractivity contribution >= 4 is 0 Å². The highest BCUT2D eigenvalue weighted by Crippen LogP contribution is 2.55. The molecule has 32 heavy (non-hydrogen) atoms. The molecule has 0 heterocycles. The van der Waals surface area contributed by atoms with Crippen molar-refractivity contribution < 1.29 is 61.5 Å². The van der Waals surface area contributed by atoms with Gasteiger partial charge in [0.15, 0.2) is 0 Å². The monoisotopic (exact) mass is 506 g/mol. The Morgan fingerprint density at radius 2 is 0.844 bits per heavy atom. The van der Waals surface area contributed by atoms with Gasteiger partial charge in [0.25, 0.3) is 11.3 Å². The van der Waals surface area contributed by atoms with E-state index in [-0.39, 0.29) is 6.42 Å². The van der Waals surface area contributed by atoms with E-state index in [0.717, 1.165) is 0 Å². The van der Waals surface area contributed by atoms with E-state index in [4.69, 9.17) is 0 Å². The van der Waals surface area contributed by atoms with Gasteiger partial charge >= 0.3 is 24.7 Å². The topological polar surface area (TPSA) is 0 Å². The van der Waals surface area contributed by atoms with Gasteiger partial charge in [-0.05, 0) is 30.6 Å². The van der Waals surface area contributed by atoms with Crippen molar-refractivity contribution in [1.29, 1.82) is 0 Å². The summed E-state index contributed by atoms with van der Waals surface area (Å²) in [6.45, 7) is 4.60. The Balaban J connectivity index is 6.26. The lowest BCUT2D eigenvalue weighted by Gasteiger charge is -2.38. The van der Waals surface area contributed by atoms with Gasteiger partial charge in [0.1, 0.15) is 0 Å². The van der Waals surface area contributed by atoms with Crippen LogP contribution < -0.4 is 0 Å². The summed E-state index contributed by atoms with van der Waals surface area (Å²) in [4.78, 5) is 0. The highest BCUT2D eigenvalue weighted by atomic mass is 19.4. The summed E-state index contributed by atoms with van der Waals surface area (Å²) in [5, 5.41) is 0. The molecular formula is C18H24F14. The van der Waals surface area contributed by atoms with Gasteiger partial charge in [-0.2, -0.15) is 52.7 Å². The highest BCUT2D eigenvalue weighted by molar-refractivity contribution is 5.01. The van der Waals surface area contributed by atoms with Gasteiger partial charge in [-0.25, -0.2) is 8.78 Å². The minimum absolute atomic E-state index is 0.287. The molecule has 194 valence electrons. The second-order valence-corrected chi connectivity index (χ2v) is 8.67. The summed E-state index contributed by atoms with van der Waals surface area (Å²) < 4.78 is 183. The third kappa shape index (κ3) is 7.26. The van der Waals surface area contributed by atoms with Crippen LogP contribution in [-0.2, 0) is 0 Å². The molecule has 0 spiro atoms. The van der Waals surface area contributed by atoms with Gasteiger partial charge < -0.3 is 0 Å². The minimum atomic E-state index is -6.70. The smallest absolute Gasteiger partial charge is 0.224 e. The Labute approximate surface area is 175 Å². The molecule has 0 amide bonds. The van der Waals surface area contributed by atoms with E-state index in [2.05, 4.69) is 0 Å². The number of unbranched alkanes of at least 4 members (excludes halogenated alkanes) is 1. The van der Waals surface area contributed by atoms with Crippen molar-refractivity contribution in [2.75, 3.05) is 0 Å². The van der Waals surface area contributed by atoms with Crippen LogP contribution in [-0.4, -0.2) is 36.0 Å². The predicted octanol–water partition coefficient (Wildman–Crippen LogP) is 9.05. The number of hydrogen-bond acceptors (Lipinski definition) is 0. The van der Waals surface area contributed by atoms with E-state index < -0.39 is 73.1 Å². The van der Waals surface area contributed by atoms with Crippen LogP contribution in [0.2, 0.25) is 0 Å². The molecule has 0 nitrogen and oxygen atoms in total. The van der Waals surface area contributed by atoms with Gasteiger partial charge in [0.05, 0.1) is 0 Å². The first-order chi connectivity index (χ1) is 13.8. The third-order valence-electron chi connectivity index (χ3n) is 5.37. The van der Waals surface area contributed by atoms with Gasteiger partial charge in [0.2, 0.25) is 0 Å². The number of hydrogen-bond donors (Lipinski definition) is 0. The molecule has 0 aliphatic heterocycles. The van der Waals surface area contributed by atoms with Crippen LogP contribution in [0.25, 0.3) is 0 Å². The Morgan fingerprint density at radius 3 is 1.09 bits per heavy atom. The molecule has 0 aromatic rings. The molecule has 0 bridgehead atoms. The molecule has 0 aliphatic rings. The van der Waals surface area contributed by atoms with E-state index in [0.29, 0.717) is 12.8 Å². The van der Waals surface area contributed by atoms with Crippen LogP contribution in [0.5, 0.6) is 0 Å². The second-order valence-electron chi connectivity index (χ2n) is 8.67. The minimum Gasteiger partial charge on any atom is -0.224 e. The van der Waals surface area contributed by atoms with Gasteiger partial charge in [0, 0.05) is 12.8 Å². The Bertz CT molecular complexity index is 510. The van der Waals surface area contributed by atoms with Crippen LogP contribution in [0, 0.1) is 11.3 Å². The molecule has 0 aromatic heterocycles. The maximum absolute atomic E-state index is 14.1. The van der Waals surface area contributed by atoms with Crippen LogP contribution in [0.15, 0.2) is 0 Å². The molecule has 0 aromatic carbocycles. The summed E-state index contributed by atoms with van der Waals surface area (Å²) in [6, 6.07) is 0. The maximum Gasteiger partial charge on any atom is 0.431 e. The summed E-state index contributed by atoms with van der Waals surface area (Å²) in [5.41, 5.74) is -13.1. The normalized spacial score (nSPS) is 15.6. The van der Waals surface area contributed by atoms with Crippen molar-refractivity contribution in [1.82, 2.24) is 0 Å². The summed E-state index contributed by atoms with van der Waals surface area (Å²) >= 11 is 0. The molecule has 0 fully saturated rings. The SMILES string of the molecule is CCCCC(C)(C)CCC(CC(F)(C(F)(F)F)C(F)(F)F)CC(F)(C(F)(F)F)C(F)(F)F. The molecule has 0 unspecified atom stereocenters. The zero-order chi connectivity index (χ0) is 26.0. The lowest BCUT2D eigenvalue weighted by atomic mass is 9.75. The van der Waals surface area contributed by atoms with Gasteiger partial charge in [-0.1, -0.05) is 33.6 Å². The Hall–Kier alpha value is -0.980. The fraction of sp³-hybridized carbons (Fsp3) is 1.00. The lowest BCUT2D eigenvalue weighted by molar-refractivity contribution is -0.356. The fourth-order valence-electron chi connectivity index (χ4n) is 3.23. The standard InChI is InChI=1S/C18H24F14/c1-4-5-7-12(2,3)8-6-11(9-13(19,15(21,22)23)16(24,25)26)10-14(20,17(27,28)29)18(30,31)32/h11H,4-10H2,1-3H3. The average Bonchev–Trinajstić information content (AvgIpc) is 2.53. The quantitative estimate of drug-likeness (QED) is 0.259. The average molecular weight is 506 g/mol. The molecule has 0 N–H and O–H groups in total. The van der Waals surface area contributed by atoms with Crippen LogP contribution >= 0.6 is 0 Å². The highest BCUT2D eigenvalue weighted by Gasteiger charge is 2.75. The predicted molar refractivity (Wildman–Crippen MR) is 87.2 cm³/mol. The first kappa shape index (κ1) is 31.0. The fourth-order valence-corrected chi connectivity index (χ4v) is 3.23. The zero-order valence-corrected chi connectivity index (χ0v) is 17.3. The summed E-state index contributed by atoms with van der Waals surface area (Å²) in [7, 11) is 0. The Kier molecular flexibility index (Phi) is 9.41. The molecule has 0 saturated heterocycles. The van der Waals surface area contributed by atoms with Crippen molar-refractivity contribution in [3.8, 4) is 0 Å². The molecule has 14 heteroatoms. The number of halogens is 14. The molecule has 0 aliphatic carbocycles. The van der Waals surface area contributed by atoms with Crippen molar-refractivity contribution in [3.63, 3.8) is 0 Å². The van der Waals surface area contributed by atoms with Crippen molar-refractivity contribution in [2.24, 2.45) is 11.3 Å². The number of rotatable bonds is 10. The first-order valence-electron chi connectivity index (χ1n) is 9.49. The first-order valence-corrected chi connectivity index (χ1v) is 9.49. The lowest BCUT2D eigenvalue weighted by Crippen LogP contribution is -2.57. The largest absolute Gasteiger partial charge is 0.431 e. The van der Waals surface area contributed by atoms with Crippen molar-refractivity contribution in [2.45, 2.75) is 102 Å². The van der Waals surface area contributed by atoms with Gasteiger partial charge in [-0.15, -0.1) is 0 Å². The molecule has 0 radical (unpaired) electrons. The van der Waals surface area contributed by atoms with Crippen LogP contribution in [0.1, 0.15) is 65.7 Å². The molecule has 0 rings (SSSR count). The summed E-state index contributed by atoms with van der Waals surface area (Å²) in [5.74, 6) is -2.88. The van der Waals surface area contributed by atoms with Gasteiger partial charge in [-0.3, -0.25) is 0 Å². The van der Waals surface area contributed by atoms with E-state index >= 15 is 0 Å². The molecular weight excluding hydrogens is 482 g/mol. The van der Waals surface area contributed by atoms with Crippen LogP contribution in [0.4, 0.5) is 61.5 Å². The summed E-state index contributed by atoms with van der Waals surface area (Å²) in [6.07, 6.45) is -32.6. The van der Waals surface area contributed by atoms with Crippen molar-refractivity contribution in [3.05, 3.63) is 0 Å². The van der Waals surface area contributed by atoms with E-state index in [1.165, 1.54) is 13.8 Å². The van der Waals surface area contributed by atoms with E-state index in [9.17, 15) is 61.5 Å². The van der Waals surface area contributed by atoms with Crippen LogP contribution in [0.3, 0.4) is 0 Å². The maximum atomic E-state index is 14.1. The molecule has 0 atom stereocenters. The zero-order valence-electron chi connectivity index (χ0n) is 17.3. The Morgan fingerprint density at radius 1 is 0.531 bits per heavy atom. The third-order valence-corrected chi connectivity index (χ3v) is 5.37. The van der Waals surface area contributed by atoms with E-state index in [1.807, 2.05) is 0 Å². The second kappa shape index (κ2) is 9.71. The van der Waals surface area contributed by atoms with E-state index in [1.54, 1.807) is 6.92 Å².